The van der Waals surface area contributed by atoms with Crippen LogP contribution in [0.1, 0.15) is 15.9 Å². The third-order valence-corrected chi connectivity index (χ3v) is 3.27. The van der Waals surface area contributed by atoms with Gasteiger partial charge in [0.05, 0.1) is 31.7 Å². The maximum atomic E-state index is 11.9. The molecule has 134 valence electrons. The Hall–Kier alpha value is -3.68. The van der Waals surface area contributed by atoms with E-state index >= 15 is 0 Å². The summed E-state index contributed by atoms with van der Waals surface area (Å²) in [5.41, 5.74) is 3.52. The van der Waals surface area contributed by atoms with Crippen LogP contribution in [0.5, 0.6) is 5.75 Å². The Kier molecular flexibility index (Phi) is 6.44. The monoisotopic (exact) mass is 355 g/mol. The maximum absolute atomic E-state index is 11.9. The molecule has 26 heavy (non-hydrogen) atoms. The van der Waals surface area contributed by atoms with Gasteiger partial charge in [0.15, 0.2) is 0 Å². The van der Waals surface area contributed by atoms with Gasteiger partial charge >= 0.3 is 17.8 Å². The van der Waals surface area contributed by atoms with Crippen LogP contribution in [0.3, 0.4) is 0 Å². The highest BCUT2D eigenvalue weighted by Gasteiger charge is 2.14. The van der Waals surface area contributed by atoms with Crippen molar-refractivity contribution in [3.05, 3.63) is 59.7 Å². The number of esters is 1. The van der Waals surface area contributed by atoms with Crippen molar-refractivity contribution in [3.8, 4) is 5.75 Å². The maximum Gasteiger partial charge on any atom is 0.337 e. The average Bonchev–Trinajstić information content (AvgIpc) is 2.68. The molecule has 0 atom stereocenters. The summed E-state index contributed by atoms with van der Waals surface area (Å²) >= 11 is 0. The lowest BCUT2D eigenvalue weighted by Gasteiger charge is -2.08. The quantitative estimate of drug-likeness (QED) is 0.366. The van der Waals surface area contributed by atoms with Gasteiger partial charge in [-0.1, -0.05) is 24.3 Å². The molecule has 0 bridgehead atoms. The minimum atomic E-state index is -0.932. The van der Waals surface area contributed by atoms with Crippen LogP contribution in [0.15, 0.2) is 53.6 Å². The Balaban J connectivity index is 1.92. The van der Waals surface area contributed by atoms with Crippen LogP contribution in [0.25, 0.3) is 0 Å². The lowest BCUT2D eigenvalue weighted by Crippen LogP contribution is -2.32. The summed E-state index contributed by atoms with van der Waals surface area (Å²) in [5.74, 6) is -1.83. The molecule has 2 amide bonds. The molecule has 0 aliphatic rings. The molecule has 2 rings (SSSR count). The van der Waals surface area contributed by atoms with Gasteiger partial charge in [-0.05, 0) is 29.8 Å². The number of amides is 2. The first-order chi connectivity index (χ1) is 12.5. The predicted molar refractivity (Wildman–Crippen MR) is 95.1 cm³/mol. The lowest BCUT2D eigenvalue weighted by atomic mass is 10.1. The number of carbonyl (C=O) groups excluding carboxylic acids is 3. The summed E-state index contributed by atoms with van der Waals surface area (Å²) in [7, 11) is 2.75. The largest absolute Gasteiger partial charge is 0.495 e. The molecule has 0 aliphatic carbocycles. The van der Waals surface area contributed by atoms with E-state index in [1.807, 2.05) is 0 Å². The van der Waals surface area contributed by atoms with Crippen molar-refractivity contribution < 1.29 is 23.9 Å². The number of hydrogen-bond acceptors (Lipinski definition) is 6. The Morgan fingerprint density at radius 2 is 1.65 bits per heavy atom. The summed E-state index contributed by atoms with van der Waals surface area (Å²) in [6.45, 7) is 0. The smallest absolute Gasteiger partial charge is 0.337 e. The van der Waals surface area contributed by atoms with Crippen molar-refractivity contribution in [2.45, 2.75) is 0 Å². The number of hydrazone groups is 1. The molecule has 2 N–H and O–H groups in total. The van der Waals surface area contributed by atoms with Crippen molar-refractivity contribution in [1.82, 2.24) is 5.43 Å². The van der Waals surface area contributed by atoms with Gasteiger partial charge in [0, 0.05) is 0 Å². The molecule has 8 nitrogen and oxygen atoms in total. The normalized spacial score (nSPS) is 10.2. The number of hydrogen-bond donors (Lipinski definition) is 2. The van der Waals surface area contributed by atoms with Crippen LogP contribution in [0.4, 0.5) is 5.69 Å². The molecule has 0 radical (unpaired) electrons. The topological polar surface area (TPSA) is 106 Å². The first kappa shape index (κ1) is 18.7. The van der Waals surface area contributed by atoms with E-state index in [0.717, 1.165) is 0 Å². The number of nitrogens with zero attached hydrogens (tertiary/aromatic N) is 1. The average molecular weight is 355 g/mol. The fourth-order valence-corrected chi connectivity index (χ4v) is 1.97. The molecule has 0 aromatic heterocycles. The second-order valence-electron chi connectivity index (χ2n) is 4.97. The minimum absolute atomic E-state index is 0.373. The van der Waals surface area contributed by atoms with E-state index < -0.39 is 17.8 Å². The van der Waals surface area contributed by atoms with Crippen molar-refractivity contribution >= 4 is 29.7 Å². The molecule has 0 heterocycles. The van der Waals surface area contributed by atoms with E-state index in [9.17, 15) is 14.4 Å². The van der Waals surface area contributed by atoms with Gasteiger partial charge in [-0.3, -0.25) is 9.59 Å². The molecule has 0 fully saturated rings. The van der Waals surface area contributed by atoms with Gasteiger partial charge in [0.1, 0.15) is 5.75 Å². The number of methoxy groups -OCH3 is 2. The zero-order chi connectivity index (χ0) is 18.9. The van der Waals surface area contributed by atoms with Crippen LogP contribution in [-0.4, -0.2) is 38.2 Å². The zero-order valence-electron chi connectivity index (χ0n) is 14.2. The summed E-state index contributed by atoms with van der Waals surface area (Å²) < 4.78 is 9.69. The number of ether oxygens (including phenoxy) is 2. The van der Waals surface area contributed by atoms with E-state index in [0.29, 0.717) is 22.6 Å². The van der Waals surface area contributed by atoms with Gasteiger partial charge in [0.2, 0.25) is 0 Å². The van der Waals surface area contributed by atoms with E-state index in [1.165, 1.54) is 20.4 Å². The summed E-state index contributed by atoms with van der Waals surface area (Å²) in [4.78, 5) is 35.0. The molecule has 0 saturated carbocycles. The number of rotatable bonds is 5. The Morgan fingerprint density at radius 3 is 2.31 bits per heavy atom. The van der Waals surface area contributed by atoms with Gasteiger partial charge in [0.25, 0.3) is 0 Å². The predicted octanol–water partition coefficient (Wildman–Crippen LogP) is 1.57. The summed E-state index contributed by atoms with van der Waals surface area (Å²) in [6, 6.07) is 13.1. The number of benzene rings is 2. The third kappa shape index (κ3) is 4.91. The zero-order valence-corrected chi connectivity index (χ0v) is 14.2. The molecular formula is C18H17N3O5. The summed E-state index contributed by atoms with van der Waals surface area (Å²) in [5, 5.41) is 6.14. The molecule has 2 aromatic carbocycles. The van der Waals surface area contributed by atoms with Crippen molar-refractivity contribution in [2.24, 2.45) is 5.10 Å². The van der Waals surface area contributed by atoms with Gasteiger partial charge < -0.3 is 14.8 Å². The molecule has 8 heteroatoms. The highest BCUT2D eigenvalue weighted by atomic mass is 16.5. The van der Waals surface area contributed by atoms with E-state index in [1.54, 1.807) is 48.5 Å². The van der Waals surface area contributed by atoms with Crippen molar-refractivity contribution in [2.75, 3.05) is 19.5 Å². The first-order valence-electron chi connectivity index (χ1n) is 7.51. The lowest BCUT2D eigenvalue weighted by molar-refractivity contribution is -0.136. The molecule has 0 unspecified atom stereocenters. The standard InChI is InChI=1S/C18H17N3O5/c1-25-15-6-4-3-5-14(15)20-16(22)17(23)21-19-11-12-7-9-13(10-8-12)18(24)26-2/h3-11H,1-2H3,(H,20,22)(H,21,23)/b19-11-. The van der Waals surface area contributed by atoms with E-state index in [4.69, 9.17) is 4.74 Å². The number of anilines is 1. The van der Waals surface area contributed by atoms with Gasteiger partial charge in [-0.15, -0.1) is 0 Å². The van der Waals surface area contributed by atoms with E-state index in [-0.39, 0.29) is 0 Å². The van der Waals surface area contributed by atoms with Crippen LogP contribution in [-0.2, 0) is 14.3 Å². The third-order valence-electron chi connectivity index (χ3n) is 3.27. The number of para-hydroxylation sites is 2. The highest BCUT2D eigenvalue weighted by molar-refractivity contribution is 6.39. The fourth-order valence-electron chi connectivity index (χ4n) is 1.97. The molecular weight excluding hydrogens is 338 g/mol. The van der Waals surface area contributed by atoms with E-state index in [2.05, 4.69) is 20.6 Å². The molecule has 0 aliphatic heterocycles. The van der Waals surface area contributed by atoms with Crippen LogP contribution >= 0.6 is 0 Å². The SMILES string of the molecule is COC(=O)c1ccc(/C=N\NC(=O)C(=O)Nc2ccccc2OC)cc1. The molecule has 0 saturated heterocycles. The first-order valence-corrected chi connectivity index (χ1v) is 7.51. The van der Waals surface area contributed by atoms with Crippen molar-refractivity contribution in [3.63, 3.8) is 0 Å². The van der Waals surface area contributed by atoms with Crippen LogP contribution in [0.2, 0.25) is 0 Å². The number of carbonyl (C=O) groups is 3. The molecule has 0 spiro atoms. The minimum Gasteiger partial charge on any atom is -0.495 e. The van der Waals surface area contributed by atoms with Gasteiger partial charge in [-0.25, -0.2) is 10.2 Å². The van der Waals surface area contributed by atoms with Crippen LogP contribution in [0, 0.1) is 0 Å². The van der Waals surface area contributed by atoms with Gasteiger partial charge in [-0.2, -0.15) is 5.10 Å². The number of nitrogens with one attached hydrogen (secondary N) is 2. The second kappa shape index (κ2) is 8.97. The Labute approximate surface area is 149 Å². The highest BCUT2D eigenvalue weighted by Crippen LogP contribution is 2.22. The fraction of sp³-hybridized carbons (Fsp3) is 0.111. The van der Waals surface area contributed by atoms with Crippen molar-refractivity contribution in [1.29, 1.82) is 0 Å². The second-order valence-corrected chi connectivity index (χ2v) is 4.97. The Bertz CT molecular complexity index is 831. The summed E-state index contributed by atoms with van der Waals surface area (Å²) in [6.07, 6.45) is 1.34. The van der Waals surface area contributed by atoms with Crippen LogP contribution < -0.4 is 15.5 Å². The molecule has 2 aromatic rings. The Morgan fingerprint density at radius 1 is 0.962 bits per heavy atom.